The largest absolute Gasteiger partial charge is 0.759 e. The van der Waals surface area contributed by atoms with E-state index in [1.807, 2.05) is 0 Å². The van der Waals surface area contributed by atoms with Crippen molar-refractivity contribution in [2.24, 2.45) is 0 Å². The van der Waals surface area contributed by atoms with Gasteiger partial charge >= 0.3 is 0 Å². The second-order valence-corrected chi connectivity index (χ2v) is 12.9. The molecule has 0 aliphatic carbocycles. The first-order valence-corrected chi connectivity index (χ1v) is 19.2. The van der Waals surface area contributed by atoms with Crippen LogP contribution in [-0.4, -0.2) is 78.8 Å². The first-order valence-electron chi connectivity index (χ1n) is 17.9. The predicted octanol–water partition coefficient (Wildman–Crippen LogP) is 9.45. The number of hydrogen-bond acceptors (Lipinski definition) is 4. The Morgan fingerprint density at radius 1 is 0.366 bits per heavy atom. The Morgan fingerprint density at radius 2 is 0.537 bits per heavy atom. The standard InChI is InChI=1S/2C17H38N.H2O4S/c2*1-5-9-10-11-12-13-14-15-16-17-18(6-2,7-3)8-4;1-5(2,3)4/h2*5-17H2,1-4H3;(H2,1,2,3,4)/q2*+1;/p-2. The van der Waals surface area contributed by atoms with Crippen molar-refractivity contribution in [3.63, 3.8) is 0 Å². The van der Waals surface area contributed by atoms with E-state index in [-0.39, 0.29) is 0 Å². The zero-order valence-corrected chi connectivity index (χ0v) is 30.1. The Hall–Kier alpha value is -0.210. The van der Waals surface area contributed by atoms with Crippen LogP contribution in [0.5, 0.6) is 0 Å². The molecule has 0 rings (SSSR count). The van der Waals surface area contributed by atoms with Gasteiger partial charge in [-0.2, -0.15) is 0 Å². The van der Waals surface area contributed by atoms with Crippen molar-refractivity contribution in [1.82, 2.24) is 0 Å². The zero-order valence-electron chi connectivity index (χ0n) is 29.3. The fraction of sp³-hybridized carbons (Fsp3) is 1.00. The number of rotatable bonds is 26. The molecule has 0 N–H and O–H groups in total. The molecule has 0 aromatic rings. The minimum atomic E-state index is -5.17. The van der Waals surface area contributed by atoms with Crippen LogP contribution in [0.1, 0.15) is 171 Å². The number of nitrogens with zero attached hydrogens (tertiary/aromatic N) is 2. The Balaban J connectivity index is -0.000000604. The quantitative estimate of drug-likeness (QED) is 0.0424. The van der Waals surface area contributed by atoms with Gasteiger partial charge in [-0.3, -0.25) is 8.42 Å². The highest BCUT2D eigenvalue weighted by atomic mass is 32.3. The van der Waals surface area contributed by atoms with Crippen LogP contribution in [0, 0.1) is 0 Å². The normalized spacial score (nSPS) is 12.0. The highest BCUT2D eigenvalue weighted by molar-refractivity contribution is 7.79. The molecule has 0 saturated heterocycles. The lowest BCUT2D eigenvalue weighted by atomic mass is 10.1. The molecule has 0 atom stereocenters. The van der Waals surface area contributed by atoms with Gasteiger partial charge in [-0.25, -0.2) is 0 Å². The fourth-order valence-corrected chi connectivity index (χ4v) is 5.81. The fourth-order valence-electron chi connectivity index (χ4n) is 5.81. The summed E-state index contributed by atoms with van der Waals surface area (Å²) in [6.45, 7) is 29.3. The van der Waals surface area contributed by atoms with Gasteiger partial charge in [0.05, 0.1) is 52.4 Å². The van der Waals surface area contributed by atoms with Crippen molar-refractivity contribution in [3.8, 4) is 0 Å². The third-order valence-electron chi connectivity index (χ3n) is 9.50. The van der Waals surface area contributed by atoms with Crippen molar-refractivity contribution < 1.29 is 26.5 Å². The highest BCUT2D eigenvalue weighted by Gasteiger charge is 2.20. The number of unbranched alkanes of at least 4 members (excludes halogenated alkanes) is 16. The van der Waals surface area contributed by atoms with E-state index in [1.54, 1.807) is 0 Å². The van der Waals surface area contributed by atoms with Crippen molar-refractivity contribution in [2.75, 3.05) is 52.4 Å². The summed E-state index contributed by atoms with van der Waals surface area (Å²) in [5.41, 5.74) is 0. The Labute approximate surface area is 259 Å². The van der Waals surface area contributed by atoms with Gasteiger partial charge in [0.25, 0.3) is 0 Å². The van der Waals surface area contributed by atoms with Crippen LogP contribution in [0.15, 0.2) is 0 Å². The third-order valence-corrected chi connectivity index (χ3v) is 9.50. The Morgan fingerprint density at radius 3 is 0.707 bits per heavy atom. The van der Waals surface area contributed by atoms with Crippen LogP contribution in [0.3, 0.4) is 0 Å². The zero-order chi connectivity index (χ0) is 31.9. The first-order chi connectivity index (χ1) is 19.5. The minimum absolute atomic E-state index is 1.31. The highest BCUT2D eigenvalue weighted by Crippen LogP contribution is 2.14. The average molecular weight is 609 g/mol. The summed E-state index contributed by atoms with van der Waals surface area (Å²) >= 11 is 0. The number of hydrogen-bond donors (Lipinski definition) is 0. The van der Waals surface area contributed by atoms with E-state index in [2.05, 4.69) is 55.4 Å². The molecule has 0 heterocycles. The summed E-state index contributed by atoms with van der Waals surface area (Å²) in [5.74, 6) is 0. The summed E-state index contributed by atoms with van der Waals surface area (Å²) in [5, 5.41) is 0. The Kier molecular flexibility index (Phi) is 34.4. The molecule has 7 heteroatoms. The summed E-state index contributed by atoms with van der Waals surface area (Å²) in [6.07, 6.45) is 26.0. The lowest BCUT2D eigenvalue weighted by Gasteiger charge is -2.35. The average Bonchev–Trinajstić information content (AvgIpc) is 2.95. The van der Waals surface area contributed by atoms with Gasteiger partial charge in [0.1, 0.15) is 0 Å². The third kappa shape index (κ3) is 32.5. The second kappa shape index (κ2) is 31.2. The molecule has 0 bridgehead atoms. The molecule has 0 aromatic carbocycles. The topological polar surface area (TPSA) is 80.3 Å². The lowest BCUT2D eigenvalue weighted by Crippen LogP contribution is -2.48. The molecular weight excluding hydrogens is 532 g/mol. The molecule has 0 spiro atoms. The molecule has 0 radical (unpaired) electrons. The molecule has 0 aromatic heterocycles. The minimum Gasteiger partial charge on any atom is -0.759 e. The molecule has 0 amide bonds. The maximum absolute atomic E-state index is 8.52. The summed E-state index contributed by atoms with van der Waals surface area (Å²) in [7, 11) is -5.17. The predicted molar refractivity (Wildman–Crippen MR) is 178 cm³/mol. The maximum atomic E-state index is 8.52. The number of quaternary nitrogens is 2. The van der Waals surface area contributed by atoms with Crippen molar-refractivity contribution in [3.05, 3.63) is 0 Å². The van der Waals surface area contributed by atoms with Gasteiger partial charge in [-0.1, -0.05) is 104 Å². The van der Waals surface area contributed by atoms with E-state index in [4.69, 9.17) is 17.5 Å². The smallest absolute Gasteiger partial charge is 0.0786 e. The SMILES string of the molecule is CCCCCCCCCCC[N+](CC)(CC)CC.CCCCCCCCCCC[N+](CC)(CC)CC.O=S(=O)([O-])[O-]. The van der Waals surface area contributed by atoms with Gasteiger partial charge in [-0.15, -0.1) is 0 Å². The molecule has 0 unspecified atom stereocenters. The van der Waals surface area contributed by atoms with Gasteiger partial charge < -0.3 is 18.1 Å². The summed E-state index contributed by atoms with van der Waals surface area (Å²) < 4.78 is 36.7. The van der Waals surface area contributed by atoms with Crippen LogP contribution < -0.4 is 0 Å². The van der Waals surface area contributed by atoms with Crippen molar-refractivity contribution in [2.45, 2.75) is 171 Å². The molecule has 41 heavy (non-hydrogen) atoms. The second-order valence-electron chi connectivity index (χ2n) is 12.1. The summed E-state index contributed by atoms with van der Waals surface area (Å²) in [4.78, 5) is 0. The van der Waals surface area contributed by atoms with Crippen LogP contribution >= 0.6 is 0 Å². The molecule has 252 valence electrons. The van der Waals surface area contributed by atoms with E-state index in [1.165, 1.54) is 177 Å². The molecule has 6 nitrogen and oxygen atoms in total. The Bertz CT molecular complexity index is 543. The van der Waals surface area contributed by atoms with Gasteiger partial charge in [-0.05, 0) is 67.2 Å². The van der Waals surface area contributed by atoms with Crippen molar-refractivity contribution >= 4 is 10.4 Å². The maximum Gasteiger partial charge on any atom is 0.0786 e. The lowest BCUT2D eigenvalue weighted by molar-refractivity contribution is -0.923. The van der Waals surface area contributed by atoms with Crippen LogP contribution in [0.2, 0.25) is 0 Å². The first kappa shape index (κ1) is 45.2. The molecule has 0 saturated carbocycles. The molecular formula is C34H76N2O4S. The van der Waals surface area contributed by atoms with Gasteiger partial charge in [0.15, 0.2) is 0 Å². The van der Waals surface area contributed by atoms with E-state index < -0.39 is 10.4 Å². The van der Waals surface area contributed by atoms with Crippen LogP contribution in [0.25, 0.3) is 0 Å². The van der Waals surface area contributed by atoms with E-state index >= 15 is 0 Å². The van der Waals surface area contributed by atoms with Gasteiger partial charge in [0.2, 0.25) is 0 Å². The molecule has 0 aliphatic heterocycles. The van der Waals surface area contributed by atoms with E-state index in [0.29, 0.717) is 0 Å². The molecule has 0 fully saturated rings. The van der Waals surface area contributed by atoms with Crippen molar-refractivity contribution in [1.29, 1.82) is 0 Å². The van der Waals surface area contributed by atoms with Gasteiger partial charge in [0, 0.05) is 10.4 Å². The van der Waals surface area contributed by atoms with E-state index in [0.717, 1.165) is 0 Å². The van der Waals surface area contributed by atoms with Crippen LogP contribution in [0.4, 0.5) is 0 Å². The summed E-state index contributed by atoms with van der Waals surface area (Å²) in [6, 6.07) is 0. The van der Waals surface area contributed by atoms with Crippen LogP contribution in [-0.2, 0) is 10.4 Å². The van der Waals surface area contributed by atoms with E-state index in [9.17, 15) is 0 Å². The monoisotopic (exact) mass is 609 g/mol. The molecule has 0 aliphatic rings.